The normalized spacial score (nSPS) is 19.3. The van der Waals surface area contributed by atoms with Crippen molar-refractivity contribution in [1.82, 2.24) is 5.32 Å². The number of carbonyl (C=O) groups excluding carboxylic acids is 2. The van der Waals surface area contributed by atoms with Crippen LogP contribution in [0, 0.1) is 0 Å². The topological polar surface area (TPSA) is 67.9 Å². The van der Waals surface area contributed by atoms with Gasteiger partial charge in [-0.25, -0.2) is 0 Å². The molecule has 1 aliphatic carbocycles. The van der Waals surface area contributed by atoms with E-state index in [1.165, 1.54) is 11.1 Å². The molecule has 0 atom stereocenters. The van der Waals surface area contributed by atoms with Crippen molar-refractivity contribution in [3.8, 4) is 5.75 Å². The third-order valence-corrected chi connectivity index (χ3v) is 6.97. The van der Waals surface area contributed by atoms with Crippen molar-refractivity contribution in [1.29, 1.82) is 0 Å². The highest BCUT2D eigenvalue weighted by Crippen LogP contribution is 2.33. The van der Waals surface area contributed by atoms with E-state index < -0.39 is 0 Å². The number of carbonyl (C=O) groups is 2. The van der Waals surface area contributed by atoms with Crippen LogP contribution in [0.2, 0.25) is 0 Å². The fourth-order valence-electron chi connectivity index (χ4n) is 4.91. The fraction of sp³-hybridized carbons (Fsp3) is 0.333. The lowest BCUT2D eigenvalue weighted by molar-refractivity contribution is -0.121. The van der Waals surface area contributed by atoms with Gasteiger partial charge in [0.15, 0.2) is 6.61 Å². The maximum absolute atomic E-state index is 13.0. The van der Waals surface area contributed by atoms with Gasteiger partial charge < -0.3 is 19.7 Å². The zero-order chi connectivity index (χ0) is 24.7. The molecule has 1 heterocycles. The van der Waals surface area contributed by atoms with Gasteiger partial charge in [0, 0.05) is 18.2 Å². The Balaban J connectivity index is 1.14. The molecule has 1 aliphatic heterocycles. The van der Waals surface area contributed by atoms with Crippen LogP contribution in [-0.4, -0.2) is 37.1 Å². The zero-order valence-corrected chi connectivity index (χ0v) is 20.4. The number of anilines is 1. The van der Waals surface area contributed by atoms with Crippen LogP contribution in [-0.2, 0) is 22.6 Å². The maximum atomic E-state index is 13.0. The highest BCUT2D eigenvalue weighted by atomic mass is 16.5. The molecule has 2 amide bonds. The molecule has 0 radical (unpaired) electrons. The Hall–Kier alpha value is -3.64. The molecular weight excluding hydrogens is 452 g/mol. The molecule has 1 saturated carbocycles. The quantitative estimate of drug-likeness (QED) is 0.493. The molecule has 186 valence electrons. The monoisotopic (exact) mass is 484 g/mol. The molecule has 6 nitrogen and oxygen atoms in total. The lowest BCUT2D eigenvalue weighted by atomic mass is 9.92. The van der Waals surface area contributed by atoms with E-state index >= 15 is 0 Å². The number of nitrogens with zero attached hydrogens (tertiary/aromatic N) is 1. The van der Waals surface area contributed by atoms with Crippen molar-refractivity contribution in [3.63, 3.8) is 0 Å². The van der Waals surface area contributed by atoms with Crippen LogP contribution in [0.1, 0.15) is 47.2 Å². The van der Waals surface area contributed by atoms with E-state index in [9.17, 15) is 9.59 Å². The minimum absolute atomic E-state index is 0.0140. The van der Waals surface area contributed by atoms with Crippen LogP contribution in [0.4, 0.5) is 5.69 Å². The Kier molecular flexibility index (Phi) is 7.62. The molecule has 3 aromatic carbocycles. The van der Waals surface area contributed by atoms with E-state index in [1.807, 2.05) is 42.5 Å². The molecule has 0 aromatic heterocycles. The Morgan fingerprint density at radius 1 is 0.917 bits per heavy atom. The zero-order valence-electron chi connectivity index (χ0n) is 20.4. The van der Waals surface area contributed by atoms with Crippen molar-refractivity contribution in [2.45, 2.75) is 50.9 Å². The Labute approximate surface area is 212 Å². The second-order valence-corrected chi connectivity index (χ2v) is 9.50. The Morgan fingerprint density at radius 3 is 2.33 bits per heavy atom. The summed E-state index contributed by atoms with van der Waals surface area (Å²) in [6.45, 7) is 1.18. The van der Waals surface area contributed by atoms with Crippen LogP contribution in [0.15, 0.2) is 78.9 Å². The van der Waals surface area contributed by atoms with Crippen molar-refractivity contribution < 1.29 is 19.1 Å². The Morgan fingerprint density at radius 2 is 1.61 bits per heavy atom. The van der Waals surface area contributed by atoms with Crippen molar-refractivity contribution in [3.05, 3.63) is 95.6 Å². The summed E-state index contributed by atoms with van der Waals surface area (Å²) in [7, 11) is 0. The van der Waals surface area contributed by atoms with Gasteiger partial charge in [0.1, 0.15) is 5.75 Å². The van der Waals surface area contributed by atoms with Gasteiger partial charge in [-0.2, -0.15) is 0 Å². The number of fused-ring (bicyclic) bond motifs is 1. The summed E-state index contributed by atoms with van der Waals surface area (Å²) in [5.41, 5.74) is 3.63. The minimum atomic E-state index is -0.109. The predicted octanol–water partition coefficient (Wildman–Crippen LogP) is 4.91. The number of ether oxygens (including phenoxy) is 2. The van der Waals surface area contributed by atoms with E-state index in [0.29, 0.717) is 24.5 Å². The maximum Gasteiger partial charge on any atom is 0.265 e. The molecule has 0 bridgehead atoms. The van der Waals surface area contributed by atoms with Gasteiger partial charge in [-0.3, -0.25) is 9.59 Å². The van der Waals surface area contributed by atoms with Crippen LogP contribution >= 0.6 is 0 Å². The molecule has 2 aliphatic rings. The molecule has 0 unspecified atom stereocenters. The second kappa shape index (κ2) is 11.4. The number of rotatable bonds is 8. The van der Waals surface area contributed by atoms with E-state index in [4.69, 9.17) is 9.47 Å². The van der Waals surface area contributed by atoms with E-state index in [-0.39, 0.29) is 30.6 Å². The first-order valence-corrected chi connectivity index (χ1v) is 12.7. The number of benzene rings is 3. The summed E-state index contributed by atoms with van der Waals surface area (Å²) in [6.07, 6.45) is 4.65. The molecule has 0 saturated heterocycles. The second-order valence-electron chi connectivity index (χ2n) is 9.50. The van der Waals surface area contributed by atoms with E-state index in [1.54, 1.807) is 17.0 Å². The summed E-state index contributed by atoms with van der Waals surface area (Å²) in [5, 5.41) is 3.17. The van der Waals surface area contributed by atoms with Gasteiger partial charge in [0.05, 0.1) is 18.4 Å². The summed E-state index contributed by atoms with van der Waals surface area (Å²) in [4.78, 5) is 27.2. The average molecular weight is 485 g/mol. The Bertz CT molecular complexity index is 1170. The third kappa shape index (κ3) is 5.94. The molecule has 1 fully saturated rings. The first-order chi connectivity index (χ1) is 17.7. The summed E-state index contributed by atoms with van der Waals surface area (Å²) >= 11 is 0. The minimum Gasteiger partial charge on any atom is -0.482 e. The number of hydrogen-bond donors (Lipinski definition) is 1. The van der Waals surface area contributed by atoms with E-state index in [2.05, 4.69) is 29.6 Å². The molecule has 6 heteroatoms. The largest absolute Gasteiger partial charge is 0.482 e. The highest BCUT2D eigenvalue weighted by Gasteiger charge is 2.27. The third-order valence-electron chi connectivity index (χ3n) is 6.97. The van der Waals surface area contributed by atoms with Crippen LogP contribution in [0.3, 0.4) is 0 Å². The molecular formula is C30H32N2O4. The lowest BCUT2D eigenvalue weighted by Gasteiger charge is -2.30. The van der Waals surface area contributed by atoms with Gasteiger partial charge in [0.25, 0.3) is 11.8 Å². The molecule has 36 heavy (non-hydrogen) atoms. The fourth-order valence-corrected chi connectivity index (χ4v) is 4.91. The van der Waals surface area contributed by atoms with Gasteiger partial charge in [-0.05, 0) is 61.4 Å². The average Bonchev–Trinajstić information content (AvgIpc) is 2.93. The van der Waals surface area contributed by atoms with Gasteiger partial charge in [-0.15, -0.1) is 0 Å². The summed E-state index contributed by atoms with van der Waals surface area (Å²) < 4.78 is 11.8. The van der Waals surface area contributed by atoms with Crippen LogP contribution < -0.4 is 15.0 Å². The summed E-state index contributed by atoms with van der Waals surface area (Å²) in [6, 6.07) is 25.8. The lowest BCUT2D eigenvalue weighted by Crippen LogP contribution is -2.41. The molecule has 3 aromatic rings. The number of hydrogen-bond acceptors (Lipinski definition) is 4. The van der Waals surface area contributed by atoms with Crippen molar-refractivity contribution >= 4 is 17.5 Å². The SMILES string of the molecule is O=C(NC1CCC(OCc2ccccc2)CC1)c1ccc2c(c1)OCC(=O)N2CCc1ccccc1. The number of amides is 2. The predicted molar refractivity (Wildman–Crippen MR) is 139 cm³/mol. The van der Waals surface area contributed by atoms with Crippen molar-refractivity contribution in [2.24, 2.45) is 0 Å². The molecule has 5 rings (SSSR count). The first kappa shape index (κ1) is 24.1. The molecule has 1 N–H and O–H groups in total. The molecule has 0 spiro atoms. The van der Waals surface area contributed by atoms with Gasteiger partial charge >= 0.3 is 0 Å². The van der Waals surface area contributed by atoms with Crippen LogP contribution in [0.5, 0.6) is 5.75 Å². The summed E-state index contributed by atoms with van der Waals surface area (Å²) in [5.74, 6) is 0.401. The standard InChI is InChI=1S/C30H32N2O4/c33-29-21-36-28-19-24(11-16-27(28)32(29)18-17-22-7-3-1-4-8-22)30(34)31-25-12-14-26(15-13-25)35-20-23-9-5-2-6-10-23/h1-11,16,19,25-26H,12-15,17-18,20-21H2,(H,31,34). The smallest absolute Gasteiger partial charge is 0.265 e. The van der Waals surface area contributed by atoms with Crippen molar-refractivity contribution in [2.75, 3.05) is 18.1 Å². The van der Waals surface area contributed by atoms with Gasteiger partial charge in [0.2, 0.25) is 0 Å². The first-order valence-electron chi connectivity index (χ1n) is 12.7. The van der Waals surface area contributed by atoms with Gasteiger partial charge in [-0.1, -0.05) is 60.7 Å². The number of nitrogens with one attached hydrogen (secondary N) is 1. The van der Waals surface area contributed by atoms with Crippen LogP contribution in [0.25, 0.3) is 0 Å². The highest BCUT2D eigenvalue weighted by molar-refractivity contribution is 6.00. The van der Waals surface area contributed by atoms with E-state index in [0.717, 1.165) is 37.8 Å².